The second-order valence-corrected chi connectivity index (χ2v) is 7.74. The summed E-state index contributed by atoms with van der Waals surface area (Å²) in [7, 11) is 1.69. The van der Waals surface area contributed by atoms with Crippen LogP contribution in [0.25, 0.3) is 0 Å². The van der Waals surface area contributed by atoms with Crippen LogP contribution in [0.4, 0.5) is 0 Å². The van der Waals surface area contributed by atoms with Gasteiger partial charge in [0.25, 0.3) is 0 Å². The average molecular weight is 338 g/mol. The van der Waals surface area contributed by atoms with Gasteiger partial charge in [-0.05, 0) is 44.3 Å². The van der Waals surface area contributed by atoms with Gasteiger partial charge in [-0.25, -0.2) is 0 Å². The van der Waals surface area contributed by atoms with Gasteiger partial charge in [0.05, 0.1) is 17.2 Å². The van der Waals surface area contributed by atoms with E-state index >= 15 is 0 Å². The highest BCUT2D eigenvalue weighted by Crippen LogP contribution is 2.39. The first-order valence-corrected chi connectivity index (χ1v) is 9.16. The number of ether oxygens (including phenoxy) is 1. The Morgan fingerprint density at radius 1 is 1.35 bits per heavy atom. The summed E-state index contributed by atoms with van der Waals surface area (Å²) in [5, 5.41) is 4.12. The second kappa shape index (κ2) is 7.23. The van der Waals surface area contributed by atoms with Crippen LogP contribution in [0, 0.1) is 12.3 Å². The summed E-state index contributed by atoms with van der Waals surface area (Å²) in [6, 6.07) is 0. The molecule has 0 N–H and O–H groups in total. The number of aryl methyl sites for hydroxylation is 1. The van der Waals surface area contributed by atoms with Crippen molar-refractivity contribution in [3.05, 3.63) is 10.6 Å². The number of methoxy groups -OCH3 is 1. The topological polar surface area (TPSA) is 58.6 Å². The van der Waals surface area contributed by atoms with E-state index in [0.717, 1.165) is 44.8 Å². The highest BCUT2D eigenvalue weighted by molar-refractivity contribution is 7.05. The number of amides is 1. The number of aromatic nitrogens is 2. The van der Waals surface area contributed by atoms with E-state index in [1.807, 2.05) is 11.8 Å². The largest absolute Gasteiger partial charge is 0.383 e. The average Bonchev–Trinajstić information content (AvgIpc) is 2.94. The molecule has 3 rings (SSSR count). The van der Waals surface area contributed by atoms with E-state index in [-0.39, 0.29) is 11.3 Å². The monoisotopic (exact) mass is 338 g/mol. The lowest BCUT2D eigenvalue weighted by Gasteiger charge is -2.48. The number of carbonyl (C=O) groups excluding carboxylic acids is 1. The van der Waals surface area contributed by atoms with Crippen LogP contribution >= 0.6 is 11.5 Å². The maximum Gasteiger partial charge on any atom is 0.222 e. The molecule has 6 nitrogen and oxygen atoms in total. The van der Waals surface area contributed by atoms with Crippen molar-refractivity contribution in [2.24, 2.45) is 5.41 Å². The van der Waals surface area contributed by atoms with E-state index < -0.39 is 0 Å². The molecule has 1 amide bonds. The molecular weight excluding hydrogens is 312 g/mol. The zero-order chi connectivity index (χ0) is 16.3. The molecule has 0 radical (unpaired) electrons. The fraction of sp³-hybridized carbons (Fsp3) is 0.812. The third kappa shape index (κ3) is 3.89. The molecule has 2 fully saturated rings. The van der Waals surface area contributed by atoms with Crippen LogP contribution in [0.3, 0.4) is 0 Å². The van der Waals surface area contributed by atoms with E-state index in [2.05, 4.69) is 14.5 Å². The van der Waals surface area contributed by atoms with Crippen molar-refractivity contribution < 1.29 is 9.53 Å². The number of likely N-dealkylation sites (tertiary alicyclic amines) is 2. The SMILES string of the molecule is COCCN1C[C@@]2(CCCN(Cc3snnc3C)C2)CCC1=O. The van der Waals surface area contributed by atoms with Gasteiger partial charge >= 0.3 is 0 Å². The summed E-state index contributed by atoms with van der Waals surface area (Å²) in [4.78, 5) is 18.0. The Labute approximate surface area is 142 Å². The zero-order valence-electron chi connectivity index (χ0n) is 14.1. The summed E-state index contributed by atoms with van der Waals surface area (Å²) in [6.07, 6.45) is 4.13. The molecule has 0 aromatic carbocycles. The molecule has 1 aromatic heterocycles. The van der Waals surface area contributed by atoms with Crippen LogP contribution in [0.1, 0.15) is 36.3 Å². The minimum Gasteiger partial charge on any atom is -0.383 e. The molecular formula is C16H26N4O2S. The Kier molecular flexibility index (Phi) is 5.28. The van der Waals surface area contributed by atoms with Crippen LogP contribution < -0.4 is 0 Å². The van der Waals surface area contributed by atoms with E-state index in [1.165, 1.54) is 29.3 Å². The van der Waals surface area contributed by atoms with Gasteiger partial charge in [0, 0.05) is 45.1 Å². The van der Waals surface area contributed by atoms with Gasteiger partial charge < -0.3 is 9.64 Å². The third-order valence-electron chi connectivity index (χ3n) is 5.17. The maximum atomic E-state index is 12.2. The molecule has 3 heterocycles. The molecule has 2 aliphatic rings. The fourth-order valence-electron chi connectivity index (χ4n) is 3.88. The van der Waals surface area contributed by atoms with Crippen LogP contribution in [0.15, 0.2) is 0 Å². The van der Waals surface area contributed by atoms with Gasteiger partial charge in [0.2, 0.25) is 5.91 Å². The second-order valence-electron chi connectivity index (χ2n) is 6.90. The standard InChI is InChI=1S/C16H26N4O2S/c1-13-14(23-18-17-13)10-19-7-3-5-16(11-19)6-4-15(21)20(12-16)8-9-22-2/h3-12H2,1-2H3/t16-/m0/s1. The summed E-state index contributed by atoms with van der Waals surface area (Å²) >= 11 is 1.51. The quantitative estimate of drug-likeness (QED) is 0.818. The van der Waals surface area contributed by atoms with E-state index in [4.69, 9.17) is 4.74 Å². The highest BCUT2D eigenvalue weighted by atomic mass is 32.1. The molecule has 0 unspecified atom stereocenters. The van der Waals surface area contributed by atoms with Gasteiger partial charge in [-0.2, -0.15) is 0 Å². The fourth-order valence-corrected chi connectivity index (χ4v) is 4.56. The van der Waals surface area contributed by atoms with Gasteiger partial charge in [0.15, 0.2) is 0 Å². The summed E-state index contributed by atoms with van der Waals surface area (Å²) in [6.45, 7) is 7.39. The van der Waals surface area contributed by atoms with Crippen molar-refractivity contribution in [3.8, 4) is 0 Å². The van der Waals surface area contributed by atoms with Crippen LogP contribution in [-0.4, -0.2) is 65.2 Å². The van der Waals surface area contributed by atoms with Crippen molar-refractivity contribution in [2.75, 3.05) is 39.9 Å². The van der Waals surface area contributed by atoms with Crippen molar-refractivity contribution >= 4 is 17.4 Å². The van der Waals surface area contributed by atoms with Crippen molar-refractivity contribution in [2.45, 2.75) is 39.2 Å². The van der Waals surface area contributed by atoms with E-state index in [9.17, 15) is 4.79 Å². The number of hydrogen-bond donors (Lipinski definition) is 0. The van der Waals surface area contributed by atoms with Crippen LogP contribution in [0.2, 0.25) is 0 Å². The molecule has 1 aromatic rings. The lowest BCUT2D eigenvalue weighted by atomic mass is 9.73. The van der Waals surface area contributed by atoms with Gasteiger partial charge in [0.1, 0.15) is 0 Å². The van der Waals surface area contributed by atoms with Gasteiger partial charge in [-0.3, -0.25) is 9.69 Å². The Balaban J connectivity index is 1.64. The summed E-state index contributed by atoms with van der Waals surface area (Å²) < 4.78 is 9.20. The van der Waals surface area contributed by atoms with Gasteiger partial charge in [-0.15, -0.1) is 5.10 Å². The smallest absolute Gasteiger partial charge is 0.222 e. The molecule has 0 saturated carbocycles. The lowest BCUT2D eigenvalue weighted by Crippen LogP contribution is -2.54. The third-order valence-corrected chi connectivity index (χ3v) is 5.97. The first kappa shape index (κ1) is 16.8. The normalized spacial score (nSPS) is 26.2. The number of hydrogen-bond acceptors (Lipinski definition) is 6. The molecule has 1 atom stereocenters. The Hall–Kier alpha value is -1.05. The van der Waals surface area contributed by atoms with E-state index in [1.54, 1.807) is 7.11 Å². The predicted molar refractivity (Wildman–Crippen MR) is 89.3 cm³/mol. The van der Waals surface area contributed by atoms with Crippen molar-refractivity contribution in [1.82, 2.24) is 19.4 Å². The lowest BCUT2D eigenvalue weighted by molar-refractivity contribution is -0.140. The summed E-state index contributed by atoms with van der Waals surface area (Å²) in [5.74, 6) is 0.285. The van der Waals surface area contributed by atoms with Crippen LogP contribution in [-0.2, 0) is 16.1 Å². The first-order valence-electron chi connectivity index (χ1n) is 8.39. The molecule has 2 saturated heterocycles. The molecule has 128 valence electrons. The first-order chi connectivity index (χ1) is 11.1. The van der Waals surface area contributed by atoms with Crippen LogP contribution in [0.5, 0.6) is 0 Å². The predicted octanol–water partition coefficient (Wildman–Crippen LogP) is 1.70. The Bertz CT molecular complexity index is 550. The Morgan fingerprint density at radius 3 is 2.96 bits per heavy atom. The zero-order valence-corrected chi connectivity index (χ0v) is 14.9. The minimum absolute atomic E-state index is 0.256. The van der Waals surface area contributed by atoms with Crippen molar-refractivity contribution in [3.63, 3.8) is 0 Å². The highest BCUT2D eigenvalue weighted by Gasteiger charge is 2.41. The molecule has 23 heavy (non-hydrogen) atoms. The van der Waals surface area contributed by atoms with Gasteiger partial charge in [-0.1, -0.05) is 4.49 Å². The van der Waals surface area contributed by atoms with E-state index in [0.29, 0.717) is 13.0 Å². The molecule has 1 spiro atoms. The number of rotatable bonds is 5. The van der Waals surface area contributed by atoms with Crippen molar-refractivity contribution in [1.29, 1.82) is 0 Å². The summed E-state index contributed by atoms with van der Waals surface area (Å²) in [5.41, 5.74) is 1.31. The number of nitrogens with zero attached hydrogens (tertiary/aromatic N) is 4. The Morgan fingerprint density at radius 2 is 2.22 bits per heavy atom. The maximum absolute atomic E-state index is 12.2. The number of carbonyl (C=O) groups is 1. The number of piperidine rings is 2. The molecule has 7 heteroatoms. The molecule has 2 aliphatic heterocycles. The minimum atomic E-state index is 0.256. The molecule has 0 bridgehead atoms. The molecule has 0 aliphatic carbocycles.